The summed E-state index contributed by atoms with van der Waals surface area (Å²) in [5.41, 5.74) is 4.30. The number of methoxy groups -OCH3 is 1. The molecule has 4 bridgehead atoms. The van der Waals surface area contributed by atoms with E-state index in [0.717, 1.165) is 36.1 Å². The largest absolute Gasteiger partial charge is 0.497 e. The molecular weight excluding hydrogens is 528 g/mol. The normalized spacial score (nSPS) is 29.1. The minimum Gasteiger partial charge on any atom is -0.497 e. The van der Waals surface area contributed by atoms with Crippen molar-refractivity contribution in [3.63, 3.8) is 0 Å². The van der Waals surface area contributed by atoms with Gasteiger partial charge in [-0.25, -0.2) is 16.8 Å². The molecule has 4 aliphatic carbocycles. The lowest BCUT2D eigenvalue weighted by molar-refractivity contribution is 0.415. The Hall–Kier alpha value is -3.16. The number of fused-ring (bicyclic) bond motifs is 8. The third kappa shape index (κ3) is 3.62. The predicted molar refractivity (Wildman–Crippen MR) is 151 cm³/mol. The van der Waals surface area contributed by atoms with Crippen molar-refractivity contribution in [3.05, 3.63) is 107 Å². The molecule has 5 nitrogen and oxygen atoms in total. The van der Waals surface area contributed by atoms with E-state index >= 15 is 0 Å². The maximum absolute atomic E-state index is 14.5. The molecule has 7 rings (SSSR count). The summed E-state index contributed by atoms with van der Waals surface area (Å²) in [7, 11) is -6.33. The van der Waals surface area contributed by atoms with Gasteiger partial charge in [0.1, 0.15) is 5.75 Å². The zero-order chi connectivity index (χ0) is 26.9. The Morgan fingerprint density at radius 3 is 1.56 bits per heavy atom. The van der Waals surface area contributed by atoms with E-state index in [4.69, 9.17) is 4.74 Å². The molecule has 0 aromatic heterocycles. The second-order valence-electron chi connectivity index (χ2n) is 11.1. The summed E-state index contributed by atoms with van der Waals surface area (Å²) in [5.74, 6) is 0.549. The molecule has 3 aromatic rings. The van der Waals surface area contributed by atoms with Gasteiger partial charge < -0.3 is 4.74 Å². The van der Waals surface area contributed by atoms with Crippen LogP contribution in [0.5, 0.6) is 5.75 Å². The predicted octanol–water partition coefficient (Wildman–Crippen LogP) is 5.75. The summed E-state index contributed by atoms with van der Waals surface area (Å²) in [5, 5.41) is -2.14. The fourth-order valence-electron chi connectivity index (χ4n) is 7.87. The molecule has 0 amide bonds. The smallest absolute Gasteiger partial charge is 0.183 e. The zero-order valence-corrected chi connectivity index (χ0v) is 23.2. The Bertz CT molecular complexity index is 1600. The lowest BCUT2D eigenvalue weighted by atomic mass is 9.82. The van der Waals surface area contributed by atoms with Crippen molar-refractivity contribution >= 4 is 25.8 Å². The number of sulfone groups is 2. The van der Waals surface area contributed by atoms with Gasteiger partial charge in [0.05, 0.1) is 27.4 Å². The van der Waals surface area contributed by atoms with E-state index in [1.165, 1.54) is 11.1 Å². The molecule has 0 spiro atoms. The highest BCUT2D eigenvalue weighted by Crippen LogP contribution is 2.68. The van der Waals surface area contributed by atoms with Gasteiger partial charge in [-0.3, -0.25) is 0 Å². The van der Waals surface area contributed by atoms with Crippen molar-refractivity contribution in [1.29, 1.82) is 0 Å². The Balaban J connectivity index is 1.47. The first kappa shape index (κ1) is 24.9. The number of rotatable bonds is 6. The topological polar surface area (TPSA) is 77.5 Å². The van der Waals surface area contributed by atoms with Crippen LogP contribution in [0.2, 0.25) is 0 Å². The molecule has 0 unspecified atom stereocenters. The SMILES string of the molecule is COc1ccc(C=C2[C@H]3C4=C([C@H]5CC[C@H]4C5)[C@H]2[C@@H](S(=O)(=O)c2ccccc2)[C@@H]3S(=O)(=O)c2ccccc2)cc1. The van der Waals surface area contributed by atoms with Gasteiger partial charge in [-0.2, -0.15) is 0 Å². The van der Waals surface area contributed by atoms with Crippen LogP contribution in [0.15, 0.2) is 111 Å². The molecule has 6 atom stereocenters. The first-order valence-corrected chi connectivity index (χ1v) is 16.6. The number of ether oxygens (including phenoxy) is 1. The van der Waals surface area contributed by atoms with Crippen LogP contribution in [0, 0.1) is 23.7 Å². The molecule has 7 heteroatoms. The Morgan fingerprint density at radius 2 is 1.13 bits per heavy atom. The minimum absolute atomic E-state index is 0.185. The highest BCUT2D eigenvalue weighted by Gasteiger charge is 2.67. The summed E-state index contributed by atoms with van der Waals surface area (Å²) in [4.78, 5) is 0.370. The molecular formula is C32H30O5S2. The molecule has 0 heterocycles. The maximum atomic E-state index is 14.5. The van der Waals surface area contributed by atoms with Crippen LogP contribution in [-0.4, -0.2) is 34.4 Å². The summed E-state index contributed by atoms with van der Waals surface area (Å²) in [6.07, 6.45) is 5.18. The highest BCUT2D eigenvalue weighted by molar-refractivity contribution is 7.96. The van der Waals surface area contributed by atoms with Gasteiger partial charge in [0.25, 0.3) is 0 Å². The Morgan fingerprint density at radius 1 is 0.667 bits per heavy atom. The fraction of sp³-hybridized carbons (Fsp3) is 0.312. The molecule has 39 heavy (non-hydrogen) atoms. The van der Waals surface area contributed by atoms with Crippen molar-refractivity contribution in [2.45, 2.75) is 39.6 Å². The van der Waals surface area contributed by atoms with Crippen molar-refractivity contribution in [1.82, 2.24) is 0 Å². The number of benzene rings is 3. The molecule has 2 saturated carbocycles. The third-order valence-electron chi connectivity index (χ3n) is 9.32. The lowest BCUT2D eigenvalue weighted by Crippen LogP contribution is -2.45. The minimum atomic E-state index is -3.98. The summed E-state index contributed by atoms with van der Waals surface area (Å²) < 4.78 is 63.2. The molecule has 3 aromatic carbocycles. The number of hydrogen-bond acceptors (Lipinski definition) is 5. The van der Waals surface area contributed by atoms with Crippen LogP contribution in [0.25, 0.3) is 6.08 Å². The molecule has 0 N–H and O–H groups in total. The fourth-order valence-corrected chi connectivity index (χ4v) is 12.8. The van der Waals surface area contributed by atoms with Crippen LogP contribution in [0.1, 0.15) is 24.8 Å². The van der Waals surface area contributed by atoms with E-state index in [1.807, 2.05) is 24.3 Å². The second kappa shape index (κ2) is 8.93. The first-order valence-electron chi connectivity index (χ1n) is 13.5. The van der Waals surface area contributed by atoms with Crippen LogP contribution >= 0.6 is 0 Å². The van der Waals surface area contributed by atoms with Crippen molar-refractivity contribution in [3.8, 4) is 5.75 Å². The average Bonchev–Trinajstić information content (AvgIpc) is 3.73. The van der Waals surface area contributed by atoms with Crippen LogP contribution in [0.4, 0.5) is 0 Å². The Kier molecular flexibility index (Phi) is 5.69. The van der Waals surface area contributed by atoms with E-state index in [0.29, 0.717) is 11.8 Å². The van der Waals surface area contributed by atoms with Gasteiger partial charge in [-0.1, -0.05) is 71.3 Å². The monoisotopic (exact) mass is 558 g/mol. The van der Waals surface area contributed by atoms with Gasteiger partial charge >= 0.3 is 0 Å². The van der Waals surface area contributed by atoms with Crippen LogP contribution in [0.3, 0.4) is 0 Å². The highest BCUT2D eigenvalue weighted by atomic mass is 32.2. The van der Waals surface area contributed by atoms with E-state index in [-0.39, 0.29) is 9.79 Å². The molecule has 0 aliphatic heterocycles. The van der Waals surface area contributed by atoms with Gasteiger partial charge in [0.15, 0.2) is 19.7 Å². The van der Waals surface area contributed by atoms with E-state index in [1.54, 1.807) is 67.8 Å². The molecule has 2 fully saturated rings. The van der Waals surface area contributed by atoms with Gasteiger partial charge in [-0.05, 0) is 73.1 Å². The van der Waals surface area contributed by atoms with E-state index in [2.05, 4.69) is 6.08 Å². The number of allylic oxidation sites excluding steroid dienone is 3. The molecule has 4 aliphatic rings. The lowest BCUT2D eigenvalue weighted by Gasteiger charge is -2.35. The molecule has 0 radical (unpaired) electrons. The summed E-state index contributed by atoms with van der Waals surface area (Å²) in [6, 6.07) is 24.4. The standard InChI is InChI=1S/C32H30O5S2/c1-37-23-16-12-20(13-17-23)18-26-29-27-21-14-15-22(19-21)28(27)30(26)32(39(35,36)25-10-6-3-7-11-25)31(29)38(33,34)24-8-4-2-5-9-24/h2-13,16-18,21-22,29-32H,14-15,19H2,1H3/t21-,22-,29-,30-,31+,32+/m0/s1. The van der Waals surface area contributed by atoms with Crippen molar-refractivity contribution in [2.75, 3.05) is 7.11 Å². The van der Waals surface area contributed by atoms with E-state index < -0.39 is 42.0 Å². The van der Waals surface area contributed by atoms with Crippen molar-refractivity contribution in [2.24, 2.45) is 23.7 Å². The van der Waals surface area contributed by atoms with E-state index in [9.17, 15) is 16.8 Å². The average molecular weight is 559 g/mol. The summed E-state index contributed by atoms with van der Waals surface area (Å²) in [6.45, 7) is 0. The van der Waals surface area contributed by atoms with Crippen molar-refractivity contribution < 1.29 is 21.6 Å². The van der Waals surface area contributed by atoms with Crippen LogP contribution < -0.4 is 4.74 Å². The maximum Gasteiger partial charge on any atom is 0.183 e. The quantitative estimate of drug-likeness (QED) is 0.284. The van der Waals surface area contributed by atoms with Crippen LogP contribution in [-0.2, 0) is 19.7 Å². The van der Waals surface area contributed by atoms with Gasteiger partial charge in [0, 0.05) is 11.8 Å². The first-order chi connectivity index (χ1) is 18.8. The zero-order valence-electron chi connectivity index (χ0n) is 21.6. The van der Waals surface area contributed by atoms with Gasteiger partial charge in [-0.15, -0.1) is 0 Å². The Labute approximate surface area is 230 Å². The molecule has 0 saturated heterocycles. The molecule has 200 valence electrons. The number of hydrogen-bond donors (Lipinski definition) is 0. The third-order valence-corrected chi connectivity index (χ3v) is 13.9. The summed E-state index contributed by atoms with van der Waals surface area (Å²) >= 11 is 0. The second-order valence-corrected chi connectivity index (χ2v) is 15.3. The van der Waals surface area contributed by atoms with Gasteiger partial charge in [0.2, 0.25) is 0 Å².